The minimum atomic E-state index is 0.519. The number of thiophene rings is 1. The predicted molar refractivity (Wildman–Crippen MR) is 307 cm³/mol. The Morgan fingerprint density at radius 1 is 0.280 bits per heavy atom. The average Bonchev–Trinajstić information content (AvgIpc) is 4.24. The second-order valence-corrected chi connectivity index (χ2v) is 19.7. The van der Waals surface area contributed by atoms with Crippen LogP contribution in [-0.4, -0.2) is 39.0 Å². The summed E-state index contributed by atoms with van der Waals surface area (Å²) in [5.41, 5.74) is 11.6. The van der Waals surface area contributed by atoms with Crippen LogP contribution < -0.4 is 0 Å². The number of hydrogen-bond donors (Lipinski definition) is 0. The van der Waals surface area contributed by atoms with Gasteiger partial charge in [0.05, 0.1) is 27.8 Å². The molecule has 0 aliphatic carbocycles. The number of para-hydroxylation sites is 3. The molecule has 15 aromatic rings. The lowest BCUT2D eigenvalue weighted by Crippen LogP contribution is -2.05. The molecule has 15 rings (SSSR count). The number of nitrogens with zero attached hydrogens (tertiary/aromatic N) is 8. The summed E-state index contributed by atoms with van der Waals surface area (Å²) in [4.78, 5) is 31.8. The van der Waals surface area contributed by atoms with Gasteiger partial charge in [0.25, 0.3) is 0 Å². The molecule has 0 radical (unpaired) electrons. The first kappa shape index (κ1) is 42.7. The molecular weight excluding hydrogens is 937 g/mol. The lowest BCUT2D eigenvalue weighted by molar-refractivity contribution is 1.06. The van der Waals surface area contributed by atoms with Crippen LogP contribution in [0.2, 0.25) is 0 Å². The van der Waals surface area contributed by atoms with Crippen LogP contribution in [0.5, 0.6) is 0 Å². The Balaban J connectivity index is 1.01. The minimum absolute atomic E-state index is 0.519. The van der Waals surface area contributed by atoms with Gasteiger partial charge in [-0.3, -0.25) is 0 Å². The van der Waals surface area contributed by atoms with E-state index in [1.54, 1.807) is 0 Å². The fourth-order valence-electron chi connectivity index (χ4n) is 10.8. The summed E-state index contributed by atoms with van der Waals surface area (Å²) < 4.78 is 7.19. The molecule has 75 heavy (non-hydrogen) atoms. The highest BCUT2D eigenvalue weighted by Gasteiger charge is 2.24. The van der Waals surface area contributed by atoms with Crippen molar-refractivity contribution < 1.29 is 0 Å². The van der Waals surface area contributed by atoms with E-state index >= 15 is 0 Å². The lowest BCUT2D eigenvalue weighted by Gasteiger charge is -2.17. The normalized spacial score (nSPS) is 11.7. The molecule has 5 heterocycles. The van der Waals surface area contributed by atoms with Crippen molar-refractivity contribution in [2.24, 2.45) is 0 Å². The maximum absolute atomic E-state index is 5.39. The Labute approximate surface area is 434 Å². The summed E-state index contributed by atoms with van der Waals surface area (Å²) in [6, 6.07) is 84.4. The lowest BCUT2D eigenvalue weighted by atomic mass is 10.0. The van der Waals surface area contributed by atoms with E-state index in [1.807, 2.05) is 102 Å². The fourth-order valence-corrected chi connectivity index (χ4v) is 11.9. The molecule has 350 valence electrons. The van der Waals surface area contributed by atoms with Crippen molar-refractivity contribution >= 4 is 75.1 Å². The van der Waals surface area contributed by atoms with Gasteiger partial charge in [-0.05, 0) is 72.8 Å². The van der Waals surface area contributed by atoms with E-state index in [4.69, 9.17) is 29.9 Å². The summed E-state index contributed by atoms with van der Waals surface area (Å²) in [5, 5.41) is 7.01. The molecule has 9 heteroatoms. The van der Waals surface area contributed by atoms with Crippen molar-refractivity contribution in [2.45, 2.75) is 0 Å². The van der Waals surface area contributed by atoms with E-state index in [-0.39, 0.29) is 0 Å². The Hall–Kier alpha value is -9.96. The minimum Gasteiger partial charge on any atom is -0.309 e. The van der Waals surface area contributed by atoms with Gasteiger partial charge in [-0.1, -0.05) is 170 Å². The smallest absolute Gasteiger partial charge is 0.166 e. The van der Waals surface area contributed by atoms with Crippen LogP contribution in [-0.2, 0) is 0 Å². The van der Waals surface area contributed by atoms with E-state index < -0.39 is 0 Å². The highest BCUT2D eigenvalue weighted by Crippen LogP contribution is 2.45. The Bertz CT molecular complexity index is 4640. The number of aromatic nitrogens is 8. The van der Waals surface area contributed by atoms with Gasteiger partial charge in [-0.2, -0.15) is 0 Å². The molecule has 0 saturated carbocycles. The maximum atomic E-state index is 5.39. The molecule has 8 nitrogen and oxygen atoms in total. The third kappa shape index (κ3) is 7.12. The highest BCUT2D eigenvalue weighted by molar-refractivity contribution is 7.26. The van der Waals surface area contributed by atoms with E-state index in [9.17, 15) is 0 Å². The third-order valence-electron chi connectivity index (χ3n) is 14.2. The molecule has 0 amide bonds. The monoisotopic (exact) mass is 976 g/mol. The van der Waals surface area contributed by atoms with Crippen LogP contribution >= 0.6 is 11.3 Å². The molecule has 0 spiro atoms. The first-order chi connectivity index (χ1) is 37.2. The maximum Gasteiger partial charge on any atom is 0.166 e. The van der Waals surface area contributed by atoms with Crippen LogP contribution in [0.4, 0.5) is 0 Å². The van der Waals surface area contributed by atoms with Crippen LogP contribution in [0.1, 0.15) is 0 Å². The molecule has 0 aliphatic heterocycles. The van der Waals surface area contributed by atoms with Gasteiger partial charge in [-0.25, -0.2) is 29.9 Å². The quantitative estimate of drug-likeness (QED) is 0.151. The fraction of sp³-hybridized carbons (Fsp3) is 0. The second kappa shape index (κ2) is 17.4. The second-order valence-electron chi connectivity index (χ2n) is 18.6. The highest BCUT2D eigenvalue weighted by atomic mass is 32.1. The van der Waals surface area contributed by atoms with Crippen LogP contribution in [0.3, 0.4) is 0 Å². The zero-order chi connectivity index (χ0) is 49.4. The topological polar surface area (TPSA) is 87.2 Å². The van der Waals surface area contributed by atoms with Gasteiger partial charge in [0.1, 0.15) is 0 Å². The molecule has 10 aromatic carbocycles. The molecule has 0 bridgehead atoms. The van der Waals surface area contributed by atoms with Gasteiger partial charge in [0, 0.05) is 80.8 Å². The summed E-state index contributed by atoms with van der Waals surface area (Å²) >= 11 is 1.82. The van der Waals surface area contributed by atoms with Crippen molar-refractivity contribution in [3.8, 4) is 79.7 Å². The molecule has 5 aromatic heterocycles. The largest absolute Gasteiger partial charge is 0.309 e. The molecule has 0 aliphatic rings. The SMILES string of the molecule is c1ccc(-c2nc(-c3ccc(-n4c5ccccc5c5ccc6sc7ccccc7c6c54)c(-c4nc(-c5ccccc5)nc(-c5ccccc5)n4)c3)nc(-c3ccc4c(c3)c3ccccc3n4-c3ccccc3)n2)cc1. The van der Waals surface area contributed by atoms with Crippen molar-refractivity contribution in [1.29, 1.82) is 0 Å². The zero-order valence-corrected chi connectivity index (χ0v) is 40.9. The molecule has 0 unspecified atom stereocenters. The van der Waals surface area contributed by atoms with Gasteiger partial charge < -0.3 is 9.13 Å². The first-order valence-electron chi connectivity index (χ1n) is 24.9. The molecule has 0 N–H and O–H groups in total. The van der Waals surface area contributed by atoms with Crippen molar-refractivity contribution in [3.05, 3.63) is 243 Å². The van der Waals surface area contributed by atoms with Crippen LogP contribution in [0, 0.1) is 0 Å². The molecule has 0 fully saturated rings. The Kier molecular flexibility index (Phi) is 9.89. The van der Waals surface area contributed by atoms with Crippen molar-refractivity contribution in [3.63, 3.8) is 0 Å². The van der Waals surface area contributed by atoms with E-state index in [1.165, 1.54) is 25.6 Å². The zero-order valence-electron chi connectivity index (χ0n) is 40.1. The van der Waals surface area contributed by atoms with Crippen LogP contribution in [0.15, 0.2) is 243 Å². The van der Waals surface area contributed by atoms with E-state index in [0.29, 0.717) is 34.9 Å². The number of hydrogen-bond acceptors (Lipinski definition) is 7. The summed E-state index contributed by atoms with van der Waals surface area (Å²) in [5.74, 6) is 3.32. The number of benzene rings is 10. The van der Waals surface area contributed by atoms with E-state index in [0.717, 1.165) is 83.0 Å². The first-order valence-corrected chi connectivity index (χ1v) is 25.8. The predicted octanol–water partition coefficient (Wildman–Crippen LogP) is 16.6. The Morgan fingerprint density at radius 3 is 1.35 bits per heavy atom. The molecule has 0 atom stereocenters. The van der Waals surface area contributed by atoms with Gasteiger partial charge >= 0.3 is 0 Å². The van der Waals surface area contributed by atoms with Crippen molar-refractivity contribution in [1.82, 2.24) is 39.0 Å². The summed E-state index contributed by atoms with van der Waals surface area (Å²) in [7, 11) is 0. The molecular formula is C66H40N8S. The summed E-state index contributed by atoms with van der Waals surface area (Å²) in [6.07, 6.45) is 0. The molecule has 0 saturated heterocycles. The van der Waals surface area contributed by atoms with Crippen molar-refractivity contribution in [2.75, 3.05) is 0 Å². The Morgan fingerprint density at radius 2 is 0.733 bits per heavy atom. The van der Waals surface area contributed by atoms with E-state index in [2.05, 4.69) is 161 Å². The van der Waals surface area contributed by atoms with Gasteiger partial charge in [0.15, 0.2) is 34.9 Å². The van der Waals surface area contributed by atoms with Gasteiger partial charge in [0.2, 0.25) is 0 Å². The van der Waals surface area contributed by atoms with Crippen LogP contribution in [0.25, 0.3) is 143 Å². The summed E-state index contributed by atoms with van der Waals surface area (Å²) in [6.45, 7) is 0. The standard InChI is InChI=1S/C66H40N8S/c1-5-19-41(20-6-1)61-68-64(44-33-36-55-51(39-44)48-28-14-16-30-53(48)73(55)46-25-11-4-12-26-46)70-65(69-61)45-34-37-56(52(40-45)66-71-62(42-21-7-2-8-22-42)67-63(72-66)43-23-9-3-10-24-43)74-54-31-17-13-27-47(54)49-35-38-58-59(60(49)74)50-29-15-18-32-57(50)75-58/h1-40H. The number of fused-ring (bicyclic) bond motifs is 10. The average molecular weight is 977 g/mol. The van der Waals surface area contributed by atoms with Gasteiger partial charge in [-0.15, -0.1) is 11.3 Å². The number of rotatable bonds is 8. The third-order valence-corrected chi connectivity index (χ3v) is 15.4.